The van der Waals surface area contributed by atoms with Gasteiger partial charge in [-0.1, -0.05) is 0 Å². The van der Waals surface area contributed by atoms with Gasteiger partial charge in [-0.25, -0.2) is 0 Å². The highest BCUT2D eigenvalue weighted by Crippen LogP contribution is 2.41. The SMILES string of the molecule is CS(O)(O)c1nc(N)n2nc(-c3ccco3)nc2n1. The molecule has 0 aliphatic heterocycles. The number of anilines is 1. The number of hydrogen-bond donors (Lipinski definition) is 3. The predicted molar refractivity (Wildman–Crippen MR) is 67.7 cm³/mol. The Labute approximate surface area is 108 Å². The molecule has 0 atom stereocenters. The van der Waals surface area contributed by atoms with Crippen molar-refractivity contribution in [3.05, 3.63) is 18.4 Å². The van der Waals surface area contributed by atoms with E-state index in [-0.39, 0.29) is 22.7 Å². The third-order valence-electron chi connectivity index (χ3n) is 2.30. The Morgan fingerprint density at radius 2 is 2.11 bits per heavy atom. The van der Waals surface area contributed by atoms with Gasteiger partial charge >= 0.3 is 0 Å². The van der Waals surface area contributed by atoms with Crippen LogP contribution in [0.4, 0.5) is 5.95 Å². The third-order valence-corrected chi connectivity index (χ3v) is 3.17. The third kappa shape index (κ3) is 2.01. The monoisotopic (exact) mass is 282 g/mol. The predicted octanol–water partition coefficient (Wildman–Crippen LogP) is 1.10. The smallest absolute Gasteiger partial charge is 0.259 e. The van der Waals surface area contributed by atoms with Crippen LogP contribution in [-0.2, 0) is 0 Å². The molecule has 19 heavy (non-hydrogen) atoms. The van der Waals surface area contributed by atoms with Crippen molar-refractivity contribution in [2.45, 2.75) is 5.16 Å². The number of fused-ring (bicyclic) bond motifs is 1. The molecule has 3 aromatic heterocycles. The first-order valence-electron chi connectivity index (χ1n) is 5.12. The van der Waals surface area contributed by atoms with Crippen molar-refractivity contribution in [2.24, 2.45) is 0 Å². The van der Waals surface area contributed by atoms with E-state index in [1.807, 2.05) is 0 Å². The van der Waals surface area contributed by atoms with Crippen LogP contribution in [-0.4, -0.2) is 39.9 Å². The van der Waals surface area contributed by atoms with Crippen LogP contribution >= 0.6 is 10.6 Å². The molecule has 0 saturated carbocycles. The zero-order valence-electron chi connectivity index (χ0n) is 9.76. The number of aromatic nitrogens is 5. The van der Waals surface area contributed by atoms with Crippen LogP contribution in [0.1, 0.15) is 0 Å². The van der Waals surface area contributed by atoms with Crippen molar-refractivity contribution in [1.82, 2.24) is 24.6 Å². The number of rotatable bonds is 2. The molecule has 0 radical (unpaired) electrons. The molecule has 0 unspecified atom stereocenters. The first kappa shape index (κ1) is 11.9. The van der Waals surface area contributed by atoms with E-state index in [4.69, 9.17) is 10.2 Å². The molecule has 10 heteroatoms. The highest BCUT2D eigenvalue weighted by Gasteiger charge is 2.18. The van der Waals surface area contributed by atoms with E-state index in [1.54, 1.807) is 12.1 Å². The van der Waals surface area contributed by atoms with Gasteiger partial charge in [0.05, 0.1) is 6.26 Å². The Morgan fingerprint density at radius 3 is 2.74 bits per heavy atom. The molecule has 0 fully saturated rings. The zero-order chi connectivity index (χ0) is 13.6. The average Bonchev–Trinajstić information content (AvgIpc) is 2.95. The fourth-order valence-corrected chi connectivity index (χ4v) is 1.99. The van der Waals surface area contributed by atoms with Crippen LogP contribution in [0.15, 0.2) is 28.0 Å². The highest BCUT2D eigenvalue weighted by molar-refractivity contribution is 8.23. The molecule has 100 valence electrons. The molecule has 0 aliphatic rings. The van der Waals surface area contributed by atoms with E-state index in [1.165, 1.54) is 17.0 Å². The van der Waals surface area contributed by atoms with Gasteiger partial charge in [-0.05, 0) is 12.1 Å². The number of hydrogen-bond acceptors (Lipinski definition) is 8. The summed E-state index contributed by atoms with van der Waals surface area (Å²) in [6, 6.07) is 3.39. The van der Waals surface area contributed by atoms with Crippen molar-refractivity contribution in [3.63, 3.8) is 0 Å². The summed E-state index contributed by atoms with van der Waals surface area (Å²) in [5, 5.41) is 3.92. The standard InChI is InChI=1S/C9H10N6O3S/c1-19(16,17)9-12-7(10)15-8(13-9)11-6(14-15)5-3-2-4-18-5/h2-4,16-17H,1H3,(H2,10,11,12,13,14). The Bertz CT molecular complexity index is 732. The van der Waals surface area contributed by atoms with E-state index in [9.17, 15) is 9.11 Å². The van der Waals surface area contributed by atoms with Crippen LogP contribution in [0.5, 0.6) is 0 Å². The molecule has 0 aliphatic carbocycles. The molecule has 3 aromatic rings. The van der Waals surface area contributed by atoms with Crippen molar-refractivity contribution >= 4 is 22.3 Å². The maximum Gasteiger partial charge on any atom is 0.259 e. The van der Waals surface area contributed by atoms with Gasteiger partial charge in [0.15, 0.2) is 5.76 Å². The number of nitrogen functional groups attached to an aromatic ring is 1. The first-order chi connectivity index (χ1) is 8.95. The van der Waals surface area contributed by atoms with Crippen LogP contribution < -0.4 is 5.73 Å². The Hall–Kier alpha value is -2.17. The van der Waals surface area contributed by atoms with Gasteiger partial charge in [-0.2, -0.15) is 19.5 Å². The fourth-order valence-electron chi connectivity index (χ4n) is 1.47. The number of nitrogens with zero attached hydrogens (tertiary/aromatic N) is 5. The van der Waals surface area contributed by atoms with Crippen molar-refractivity contribution in [3.8, 4) is 11.6 Å². The summed E-state index contributed by atoms with van der Waals surface area (Å²) in [6.45, 7) is 0. The molecule has 0 saturated heterocycles. The zero-order valence-corrected chi connectivity index (χ0v) is 10.6. The van der Waals surface area contributed by atoms with Gasteiger partial charge in [-0.15, -0.1) is 15.7 Å². The van der Waals surface area contributed by atoms with Crippen LogP contribution in [0.2, 0.25) is 0 Å². The molecule has 0 bridgehead atoms. The largest absolute Gasteiger partial charge is 0.461 e. The molecule has 0 spiro atoms. The maximum atomic E-state index is 9.55. The van der Waals surface area contributed by atoms with E-state index < -0.39 is 10.6 Å². The van der Waals surface area contributed by atoms with Gasteiger partial charge in [-0.3, -0.25) is 9.11 Å². The summed E-state index contributed by atoms with van der Waals surface area (Å²) in [7, 11) is -3.07. The average molecular weight is 282 g/mol. The lowest BCUT2D eigenvalue weighted by Gasteiger charge is -2.23. The molecule has 0 aromatic carbocycles. The molecule has 3 rings (SSSR count). The molecule has 4 N–H and O–H groups in total. The Morgan fingerprint density at radius 1 is 1.32 bits per heavy atom. The minimum atomic E-state index is -3.07. The minimum absolute atomic E-state index is 0.0351. The summed E-state index contributed by atoms with van der Waals surface area (Å²) >= 11 is 0. The van der Waals surface area contributed by atoms with Gasteiger partial charge in [0.1, 0.15) is 0 Å². The van der Waals surface area contributed by atoms with Crippen molar-refractivity contribution in [1.29, 1.82) is 0 Å². The lowest BCUT2D eigenvalue weighted by molar-refractivity contribution is 0.484. The second-order valence-corrected chi connectivity index (χ2v) is 5.85. The molecule has 9 nitrogen and oxygen atoms in total. The molecular weight excluding hydrogens is 272 g/mol. The fraction of sp³-hybridized carbons (Fsp3) is 0.111. The summed E-state index contributed by atoms with van der Waals surface area (Å²) in [5.74, 6) is 0.827. The number of nitrogens with two attached hydrogens (primary N) is 1. The van der Waals surface area contributed by atoms with Crippen LogP contribution in [0.3, 0.4) is 0 Å². The lowest BCUT2D eigenvalue weighted by Crippen LogP contribution is -2.09. The Balaban J connectivity index is 2.21. The van der Waals surface area contributed by atoms with Crippen LogP contribution in [0, 0.1) is 0 Å². The van der Waals surface area contributed by atoms with Crippen molar-refractivity contribution < 1.29 is 13.5 Å². The molecule has 3 heterocycles. The summed E-state index contributed by atoms with van der Waals surface area (Å²) in [4.78, 5) is 11.8. The Kier molecular flexibility index (Phi) is 2.45. The van der Waals surface area contributed by atoms with Gasteiger partial charge in [0, 0.05) is 6.26 Å². The maximum absolute atomic E-state index is 9.55. The number of furan rings is 1. The van der Waals surface area contributed by atoms with E-state index in [0.29, 0.717) is 5.76 Å². The van der Waals surface area contributed by atoms with Crippen molar-refractivity contribution in [2.75, 3.05) is 12.0 Å². The van der Waals surface area contributed by atoms with Gasteiger partial charge < -0.3 is 10.2 Å². The quantitative estimate of drug-likeness (QED) is 0.635. The van der Waals surface area contributed by atoms with Crippen LogP contribution in [0.25, 0.3) is 17.4 Å². The van der Waals surface area contributed by atoms with E-state index in [2.05, 4.69) is 20.1 Å². The lowest BCUT2D eigenvalue weighted by atomic mass is 10.4. The summed E-state index contributed by atoms with van der Waals surface area (Å²) < 4.78 is 25.5. The second-order valence-electron chi connectivity index (χ2n) is 3.82. The second kappa shape index (κ2) is 3.91. The minimum Gasteiger partial charge on any atom is -0.461 e. The topological polar surface area (TPSA) is 136 Å². The highest BCUT2D eigenvalue weighted by atomic mass is 32.3. The normalized spacial score (nSPS) is 13.0. The summed E-state index contributed by atoms with van der Waals surface area (Å²) in [5.41, 5.74) is 5.69. The molecular formula is C9H10N6O3S. The van der Waals surface area contributed by atoms with E-state index >= 15 is 0 Å². The van der Waals surface area contributed by atoms with E-state index in [0.717, 1.165) is 0 Å². The van der Waals surface area contributed by atoms with Gasteiger partial charge in [0.2, 0.25) is 16.9 Å². The first-order valence-corrected chi connectivity index (χ1v) is 7.08. The molecule has 0 amide bonds. The van der Waals surface area contributed by atoms with Gasteiger partial charge in [0.25, 0.3) is 5.78 Å². The summed E-state index contributed by atoms with van der Waals surface area (Å²) in [6.07, 6.45) is 2.70.